The van der Waals surface area contributed by atoms with Crippen molar-refractivity contribution in [2.45, 2.75) is 115 Å². The van der Waals surface area contributed by atoms with E-state index in [0.717, 1.165) is 24.8 Å². The molecule has 1 heterocycles. The van der Waals surface area contributed by atoms with Gasteiger partial charge in [0.15, 0.2) is 18.5 Å². The van der Waals surface area contributed by atoms with Crippen LogP contribution in [0.3, 0.4) is 0 Å². The van der Waals surface area contributed by atoms with Crippen LogP contribution in [0.1, 0.15) is 72.1 Å². The highest BCUT2D eigenvalue weighted by Gasteiger charge is 2.67. The summed E-state index contributed by atoms with van der Waals surface area (Å²) in [6.45, 7) is 8.52. The molecule has 0 amide bonds. The van der Waals surface area contributed by atoms with Gasteiger partial charge in [0.2, 0.25) is 0 Å². The van der Waals surface area contributed by atoms with Gasteiger partial charge >= 0.3 is 32.7 Å². The molecule has 13 atom stereocenters. The Labute approximate surface area is 280 Å². The number of carbonyl (C=O) groups excluding carboxylic acids is 1. The lowest BCUT2D eigenvalue weighted by atomic mass is 9.43. The Hall–Kier alpha value is -1.74. The van der Waals surface area contributed by atoms with Gasteiger partial charge in [-0.3, -0.25) is 18.7 Å². The van der Waals surface area contributed by atoms with Crippen LogP contribution in [0, 0.1) is 40.4 Å². The number of hydrogen-bond acceptors (Lipinski definition) is 13. The van der Waals surface area contributed by atoms with Crippen molar-refractivity contribution in [3.05, 3.63) is 12.2 Å². The molecule has 5 N–H and O–H groups in total. The molecular formula is C30H46O16S2. The molecule has 18 heteroatoms. The second-order valence-corrected chi connectivity index (χ2v) is 16.9. The van der Waals surface area contributed by atoms with Crippen LogP contribution < -0.4 is 0 Å². The number of aliphatic hydroxyl groups excluding tert-OH is 2. The smallest absolute Gasteiger partial charge is 0.397 e. The van der Waals surface area contributed by atoms with Crippen LogP contribution in [-0.2, 0) is 53.0 Å². The molecule has 0 unspecified atom stereocenters. The summed E-state index contributed by atoms with van der Waals surface area (Å²) >= 11 is 0. The van der Waals surface area contributed by atoms with E-state index in [2.05, 4.69) is 10.8 Å². The Balaban J connectivity index is 1.51. The van der Waals surface area contributed by atoms with Crippen molar-refractivity contribution >= 4 is 32.7 Å². The second-order valence-electron chi connectivity index (χ2n) is 14.8. The van der Waals surface area contributed by atoms with Crippen molar-refractivity contribution < 1.29 is 73.4 Å². The lowest BCUT2D eigenvalue weighted by molar-refractivity contribution is -0.316. The fourth-order valence-corrected chi connectivity index (χ4v) is 10.8. The molecule has 5 rings (SSSR count). The van der Waals surface area contributed by atoms with Crippen LogP contribution in [0.2, 0.25) is 0 Å². The number of carboxylic acid groups (broad SMARTS) is 1. The van der Waals surface area contributed by atoms with Gasteiger partial charge in [-0.25, -0.2) is 8.37 Å². The quantitative estimate of drug-likeness (QED) is 0.0879. The maximum absolute atomic E-state index is 12.9. The van der Waals surface area contributed by atoms with E-state index in [1.54, 1.807) is 13.8 Å². The van der Waals surface area contributed by atoms with E-state index in [4.69, 9.17) is 18.4 Å². The van der Waals surface area contributed by atoms with E-state index in [9.17, 15) is 50.8 Å². The summed E-state index contributed by atoms with van der Waals surface area (Å²) in [5.41, 5.74) is -0.319. The third-order valence-corrected chi connectivity index (χ3v) is 12.4. The zero-order valence-electron chi connectivity index (χ0n) is 27.0. The van der Waals surface area contributed by atoms with Gasteiger partial charge in [-0.05, 0) is 79.6 Å². The van der Waals surface area contributed by atoms with Crippen LogP contribution in [0.25, 0.3) is 0 Å². The first-order valence-corrected chi connectivity index (χ1v) is 18.9. The molecule has 0 aromatic rings. The first-order chi connectivity index (χ1) is 22.2. The number of rotatable bonds is 11. The summed E-state index contributed by atoms with van der Waals surface area (Å²) in [4.78, 5) is 25.7. The van der Waals surface area contributed by atoms with Gasteiger partial charge < -0.3 is 29.5 Å². The fraction of sp³-hybridized carbons (Fsp3) is 0.867. The Kier molecular flexibility index (Phi) is 10.5. The number of fused-ring (bicyclic) bond motifs is 3. The molecule has 1 saturated heterocycles. The minimum absolute atomic E-state index is 0.0156. The van der Waals surface area contributed by atoms with Crippen LogP contribution in [0.15, 0.2) is 12.2 Å². The third-order valence-electron chi connectivity index (χ3n) is 11.5. The summed E-state index contributed by atoms with van der Waals surface area (Å²) in [5.74, 6) is -3.25. The highest BCUT2D eigenvalue weighted by atomic mass is 32.3. The second kappa shape index (κ2) is 13.4. The number of aliphatic hydroxyl groups is 2. The standard InChI is InChI=1S/C30H46O16S2/c1-14(2)9-22(32)44-25-24(46-48(39,40)41)23(45-47(36,37)38)20(13-31)43-28(25)42-17-10-18(27(34)35)19-7-8-30-11-16(15(3)26(30)33)5-6-21(30)29(19,4)12-17/h14,16-21,23-26,28,31,33H,3,5-13H2,1-2,4H3,(H,34,35)(H,36,37,38)(H,39,40,41)/t16-,17+,18+,19+,20+,21-,23+,24-,25+,26-,28-,29+,30+/m0/s1. The van der Waals surface area contributed by atoms with Crippen molar-refractivity contribution in [3.63, 3.8) is 0 Å². The van der Waals surface area contributed by atoms with Crippen LogP contribution in [-0.4, -0.2) is 103 Å². The molecule has 0 aromatic carbocycles. The fourth-order valence-electron chi connectivity index (χ4n) is 9.82. The maximum Gasteiger partial charge on any atom is 0.397 e. The van der Waals surface area contributed by atoms with Gasteiger partial charge in [-0.15, -0.1) is 0 Å². The summed E-state index contributed by atoms with van der Waals surface area (Å²) in [5, 5.41) is 32.0. The highest BCUT2D eigenvalue weighted by molar-refractivity contribution is 7.81. The molecule has 1 spiro atoms. The number of ether oxygens (including phenoxy) is 3. The number of carbonyl (C=O) groups is 2. The molecule has 48 heavy (non-hydrogen) atoms. The lowest BCUT2D eigenvalue weighted by Gasteiger charge is -2.62. The molecule has 0 aromatic heterocycles. The van der Waals surface area contributed by atoms with Gasteiger partial charge in [0.05, 0.1) is 24.7 Å². The first kappa shape index (κ1) is 37.5. The predicted molar refractivity (Wildman–Crippen MR) is 162 cm³/mol. The van der Waals surface area contributed by atoms with Gasteiger partial charge in [-0.2, -0.15) is 16.8 Å². The van der Waals surface area contributed by atoms with Gasteiger partial charge in [0, 0.05) is 11.8 Å². The van der Waals surface area contributed by atoms with E-state index >= 15 is 0 Å². The van der Waals surface area contributed by atoms with E-state index in [0.29, 0.717) is 12.8 Å². The number of aliphatic carboxylic acids is 1. The van der Waals surface area contributed by atoms with E-state index in [-0.39, 0.29) is 42.9 Å². The maximum atomic E-state index is 12.9. The minimum atomic E-state index is -5.42. The monoisotopic (exact) mass is 726 g/mol. The molecule has 5 aliphatic rings. The molecule has 5 fully saturated rings. The normalized spacial score (nSPS) is 43.0. The average molecular weight is 727 g/mol. The molecule has 1 aliphatic heterocycles. The molecule has 0 radical (unpaired) electrons. The molecule has 2 bridgehead atoms. The summed E-state index contributed by atoms with van der Waals surface area (Å²) < 4.78 is 93.5. The van der Waals surface area contributed by atoms with Gasteiger partial charge in [0.25, 0.3) is 0 Å². The van der Waals surface area contributed by atoms with E-state index in [1.807, 2.05) is 6.92 Å². The van der Waals surface area contributed by atoms with Crippen LogP contribution in [0.4, 0.5) is 0 Å². The summed E-state index contributed by atoms with van der Waals surface area (Å²) in [7, 11) is -10.8. The van der Waals surface area contributed by atoms with Crippen molar-refractivity contribution in [1.29, 1.82) is 0 Å². The van der Waals surface area contributed by atoms with Crippen molar-refractivity contribution in [2.24, 2.45) is 40.4 Å². The summed E-state index contributed by atoms with van der Waals surface area (Å²) in [6, 6.07) is 0. The third kappa shape index (κ3) is 7.20. The highest BCUT2D eigenvalue weighted by Crippen LogP contribution is 2.70. The number of carboxylic acids is 1. The zero-order chi connectivity index (χ0) is 35.6. The Bertz CT molecular complexity index is 1480. The lowest BCUT2D eigenvalue weighted by Crippen LogP contribution is -2.64. The minimum Gasteiger partial charge on any atom is -0.481 e. The Morgan fingerprint density at radius 3 is 2.25 bits per heavy atom. The largest absolute Gasteiger partial charge is 0.481 e. The molecule has 4 saturated carbocycles. The van der Waals surface area contributed by atoms with Crippen molar-refractivity contribution in [2.75, 3.05) is 6.61 Å². The Morgan fingerprint density at radius 1 is 1.02 bits per heavy atom. The van der Waals surface area contributed by atoms with Crippen molar-refractivity contribution in [3.8, 4) is 0 Å². The summed E-state index contributed by atoms with van der Waals surface area (Å²) in [6.07, 6.45) is -7.93. The average Bonchev–Trinajstić information content (AvgIpc) is 3.12. The predicted octanol–water partition coefficient (Wildman–Crippen LogP) is 1.67. The zero-order valence-corrected chi connectivity index (χ0v) is 28.7. The van der Waals surface area contributed by atoms with Crippen LogP contribution in [0.5, 0.6) is 0 Å². The topological polar surface area (TPSA) is 250 Å². The van der Waals surface area contributed by atoms with E-state index in [1.165, 1.54) is 0 Å². The van der Waals surface area contributed by atoms with Crippen LogP contribution >= 0.6 is 0 Å². The number of esters is 1. The first-order valence-electron chi connectivity index (χ1n) is 16.2. The molecule has 16 nitrogen and oxygen atoms in total. The van der Waals surface area contributed by atoms with Crippen molar-refractivity contribution in [1.82, 2.24) is 0 Å². The van der Waals surface area contributed by atoms with E-state index < -0.39 is 99.0 Å². The number of hydrogen-bond donors (Lipinski definition) is 5. The SMILES string of the molecule is C=C1[C@H]2CC[C@H]3[C@]4(C)C[C@H](O[C@H]5O[C@H](CO)[C@@H](OS(=O)(=O)O)[C@H](OS(=O)(=O)O)[C@H]5OC(=O)CC(C)C)C[C@@H](C(=O)O)[C@H]4CC[C@]3(C2)[C@H]1O. The molecule has 274 valence electrons. The Morgan fingerprint density at radius 2 is 1.67 bits per heavy atom. The van der Waals surface area contributed by atoms with Gasteiger partial charge in [-0.1, -0.05) is 27.4 Å². The van der Waals surface area contributed by atoms with Gasteiger partial charge in [0.1, 0.15) is 12.2 Å². The molecular weight excluding hydrogens is 680 g/mol. The molecule has 4 aliphatic carbocycles.